The molecule has 21 heavy (non-hydrogen) atoms. The highest BCUT2D eigenvalue weighted by Gasteiger charge is 2.29. The Labute approximate surface area is 129 Å². The molecule has 3 rings (SSSR count). The van der Waals surface area contributed by atoms with Crippen molar-refractivity contribution < 1.29 is 9.90 Å². The molecular formula is C16H22N2O2S. The minimum absolute atomic E-state index is 0.0575. The Morgan fingerprint density at radius 2 is 2.24 bits per heavy atom. The Bertz CT molecular complexity index is 526. The zero-order valence-corrected chi connectivity index (χ0v) is 13.0. The topological polar surface area (TPSA) is 43.8 Å². The van der Waals surface area contributed by atoms with Crippen LogP contribution in [0.1, 0.15) is 29.7 Å². The van der Waals surface area contributed by atoms with E-state index in [9.17, 15) is 4.79 Å². The van der Waals surface area contributed by atoms with Gasteiger partial charge in [-0.05, 0) is 48.9 Å². The summed E-state index contributed by atoms with van der Waals surface area (Å²) < 4.78 is 0. The maximum Gasteiger partial charge on any atom is 0.246 e. The number of thiophene rings is 1. The highest BCUT2D eigenvalue weighted by Crippen LogP contribution is 2.22. The highest BCUT2D eigenvalue weighted by molar-refractivity contribution is 7.11. The summed E-state index contributed by atoms with van der Waals surface area (Å²) in [4.78, 5) is 17.9. The quantitative estimate of drug-likeness (QED) is 0.868. The molecule has 2 aliphatic rings. The predicted molar refractivity (Wildman–Crippen MR) is 85.1 cm³/mol. The van der Waals surface area contributed by atoms with Gasteiger partial charge in [0.2, 0.25) is 5.91 Å². The molecule has 0 spiro atoms. The van der Waals surface area contributed by atoms with E-state index in [4.69, 9.17) is 5.11 Å². The van der Waals surface area contributed by atoms with Crippen LogP contribution in [0.5, 0.6) is 0 Å². The van der Waals surface area contributed by atoms with E-state index in [0.717, 1.165) is 36.5 Å². The lowest BCUT2D eigenvalue weighted by Crippen LogP contribution is -2.38. The number of hydrogen-bond acceptors (Lipinski definition) is 4. The van der Waals surface area contributed by atoms with E-state index in [2.05, 4.69) is 4.90 Å². The molecule has 2 aliphatic heterocycles. The summed E-state index contributed by atoms with van der Waals surface area (Å²) in [5, 5.41) is 11.0. The first-order valence-corrected chi connectivity index (χ1v) is 8.53. The lowest BCUT2D eigenvalue weighted by atomic mass is 10.2. The van der Waals surface area contributed by atoms with Crippen LogP contribution in [0.2, 0.25) is 0 Å². The number of carbonyl (C=O) groups is 1. The summed E-state index contributed by atoms with van der Waals surface area (Å²) >= 11 is 1.56. The summed E-state index contributed by atoms with van der Waals surface area (Å²) in [5.74, 6) is 0.114. The molecule has 1 N–H and O–H groups in total. The van der Waals surface area contributed by atoms with Gasteiger partial charge >= 0.3 is 0 Å². The Balaban J connectivity index is 1.61. The second-order valence-electron chi connectivity index (χ2n) is 5.82. The molecule has 2 fully saturated rings. The molecule has 0 bridgehead atoms. The van der Waals surface area contributed by atoms with E-state index in [-0.39, 0.29) is 12.5 Å². The zero-order valence-electron chi connectivity index (χ0n) is 12.2. The van der Waals surface area contributed by atoms with E-state index in [1.165, 1.54) is 19.4 Å². The van der Waals surface area contributed by atoms with E-state index >= 15 is 0 Å². The van der Waals surface area contributed by atoms with Crippen molar-refractivity contribution >= 4 is 23.3 Å². The zero-order chi connectivity index (χ0) is 14.7. The molecule has 3 heterocycles. The van der Waals surface area contributed by atoms with Gasteiger partial charge in [-0.25, -0.2) is 0 Å². The molecule has 114 valence electrons. The number of fused-ring (bicyclic) bond motifs is 1. The molecule has 0 saturated carbocycles. The molecule has 2 saturated heterocycles. The molecular weight excluding hydrogens is 284 g/mol. The van der Waals surface area contributed by atoms with Crippen molar-refractivity contribution in [3.05, 3.63) is 28.0 Å². The van der Waals surface area contributed by atoms with Gasteiger partial charge in [0.1, 0.15) is 0 Å². The largest absolute Gasteiger partial charge is 0.392 e. The average Bonchev–Trinajstić information content (AvgIpc) is 3.09. The number of hydrogen-bond donors (Lipinski definition) is 1. The number of nitrogens with zero attached hydrogens (tertiary/aromatic N) is 2. The maximum absolute atomic E-state index is 12.4. The standard InChI is InChI=1S/C16H22N2O2S/c19-11-13-9-15(21-12-13)4-5-16(20)18-8-2-7-17-6-1-3-14(17)10-18/h4-5,9,12,14,19H,1-3,6-8,10-11H2/b5-4+/t14-/m0/s1. The van der Waals surface area contributed by atoms with Crippen LogP contribution in [0.25, 0.3) is 6.08 Å². The molecule has 0 unspecified atom stereocenters. The van der Waals surface area contributed by atoms with Crippen molar-refractivity contribution in [2.75, 3.05) is 26.2 Å². The van der Waals surface area contributed by atoms with Gasteiger partial charge in [-0.15, -0.1) is 11.3 Å². The third kappa shape index (κ3) is 3.54. The molecule has 1 aromatic rings. The van der Waals surface area contributed by atoms with Gasteiger partial charge in [-0.1, -0.05) is 0 Å². The highest BCUT2D eigenvalue weighted by atomic mass is 32.1. The number of amides is 1. The van der Waals surface area contributed by atoms with Gasteiger partial charge < -0.3 is 10.0 Å². The molecule has 5 heteroatoms. The van der Waals surface area contributed by atoms with Crippen LogP contribution in [0.4, 0.5) is 0 Å². The van der Waals surface area contributed by atoms with E-state index in [0.29, 0.717) is 6.04 Å². The molecule has 1 amide bonds. The van der Waals surface area contributed by atoms with Crippen LogP contribution < -0.4 is 0 Å². The fourth-order valence-corrected chi connectivity index (χ4v) is 4.03. The smallest absolute Gasteiger partial charge is 0.246 e. The molecule has 0 aliphatic carbocycles. The lowest BCUT2D eigenvalue weighted by Gasteiger charge is -2.24. The number of aliphatic hydroxyl groups is 1. The molecule has 0 radical (unpaired) electrons. The predicted octanol–water partition coefficient (Wildman–Crippen LogP) is 1.95. The third-order valence-corrected chi connectivity index (χ3v) is 5.31. The summed E-state index contributed by atoms with van der Waals surface area (Å²) in [7, 11) is 0. The van der Waals surface area contributed by atoms with Crippen molar-refractivity contribution in [2.24, 2.45) is 0 Å². The van der Waals surface area contributed by atoms with E-state index in [1.54, 1.807) is 17.4 Å². The fourth-order valence-electron chi connectivity index (χ4n) is 3.23. The van der Waals surface area contributed by atoms with Gasteiger partial charge in [0, 0.05) is 36.6 Å². The first kappa shape index (κ1) is 14.8. The third-order valence-electron chi connectivity index (χ3n) is 4.36. The van der Waals surface area contributed by atoms with Crippen molar-refractivity contribution in [2.45, 2.75) is 31.9 Å². The number of rotatable bonds is 3. The average molecular weight is 306 g/mol. The molecule has 4 nitrogen and oxygen atoms in total. The van der Waals surface area contributed by atoms with Crippen molar-refractivity contribution in [3.63, 3.8) is 0 Å². The number of carbonyl (C=O) groups excluding carboxylic acids is 1. The van der Waals surface area contributed by atoms with E-state index in [1.807, 2.05) is 22.4 Å². The van der Waals surface area contributed by atoms with Gasteiger partial charge in [0.05, 0.1) is 6.61 Å². The first-order valence-electron chi connectivity index (χ1n) is 7.65. The molecule has 1 aromatic heterocycles. The summed E-state index contributed by atoms with van der Waals surface area (Å²) in [6, 6.07) is 2.49. The minimum atomic E-state index is 0.0575. The van der Waals surface area contributed by atoms with Crippen molar-refractivity contribution in [3.8, 4) is 0 Å². The minimum Gasteiger partial charge on any atom is -0.392 e. The first-order chi connectivity index (χ1) is 10.3. The summed E-state index contributed by atoms with van der Waals surface area (Å²) in [5.41, 5.74) is 0.906. The second-order valence-corrected chi connectivity index (χ2v) is 6.76. The van der Waals surface area contributed by atoms with Crippen LogP contribution in [0, 0.1) is 0 Å². The van der Waals surface area contributed by atoms with Crippen molar-refractivity contribution in [1.82, 2.24) is 9.80 Å². The Morgan fingerprint density at radius 1 is 1.38 bits per heavy atom. The van der Waals surface area contributed by atoms with E-state index < -0.39 is 0 Å². The fraction of sp³-hybridized carbons (Fsp3) is 0.562. The van der Waals surface area contributed by atoms with Gasteiger partial charge in [0.15, 0.2) is 0 Å². The SMILES string of the molecule is O=C(/C=C/c1cc(CO)cs1)N1CCCN2CCC[C@H]2C1. The Morgan fingerprint density at radius 3 is 3.05 bits per heavy atom. The van der Waals surface area contributed by atoms with Crippen LogP contribution >= 0.6 is 11.3 Å². The molecule has 0 aromatic carbocycles. The summed E-state index contributed by atoms with van der Waals surface area (Å²) in [6.45, 7) is 4.12. The normalized spacial score (nSPS) is 23.5. The van der Waals surface area contributed by atoms with Gasteiger partial charge in [-0.3, -0.25) is 9.69 Å². The van der Waals surface area contributed by atoms with Crippen LogP contribution in [-0.4, -0.2) is 53.0 Å². The summed E-state index contributed by atoms with van der Waals surface area (Å²) in [6.07, 6.45) is 7.10. The monoisotopic (exact) mass is 306 g/mol. The lowest BCUT2D eigenvalue weighted by molar-refractivity contribution is -0.126. The van der Waals surface area contributed by atoms with Crippen LogP contribution in [0.3, 0.4) is 0 Å². The molecule has 1 atom stereocenters. The Hall–Kier alpha value is -1.17. The van der Waals surface area contributed by atoms with Crippen LogP contribution in [0.15, 0.2) is 17.5 Å². The second kappa shape index (κ2) is 6.73. The Kier molecular flexibility index (Phi) is 4.73. The number of aliphatic hydroxyl groups excluding tert-OH is 1. The van der Waals surface area contributed by atoms with Gasteiger partial charge in [-0.2, -0.15) is 0 Å². The maximum atomic E-state index is 12.4. The van der Waals surface area contributed by atoms with Crippen molar-refractivity contribution in [1.29, 1.82) is 0 Å². The van der Waals surface area contributed by atoms with Crippen LogP contribution in [-0.2, 0) is 11.4 Å². The van der Waals surface area contributed by atoms with Gasteiger partial charge in [0.25, 0.3) is 0 Å².